The van der Waals surface area contributed by atoms with Gasteiger partial charge in [0.05, 0.1) is 11.2 Å². The maximum atomic E-state index is 4.73. The van der Waals surface area contributed by atoms with Gasteiger partial charge < -0.3 is 10.2 Å². The molecule has 1 heterocycles. The number of hydrogen-bond acceptors (Lipinski definition) is 3. The Hall–Kier alpha value is -1.61. The molecule has 0 atom stereocenters. The van der Waals surface area contributed by atoms with E-state index in [2.05, 4.69) is 62.4 Å². The summed E-state index contributed by atoms with van der Waals surface area (Å²) in [5, 5.41) is 4.66. The smallest absolute Gasteiger partial charge is 0.0726 e. The number of nitrogens with zero attached hydrogens (tertiary/aromatic N) is 2. The highest BCUT2D eigenvalue weighted by molar-refractivity contribution is 5.91. The molecule has 2 rings (SSSR count). The lowest BCUT2D eigenvalue weighted by molar-refractivity contribution is 0.549. The monoisotopic (exact) mass is 257 g/mol. The van der Waals surface area contributed by atoms with Crippen molar-refractivity contribution in [1.82, 2.24) is 10.3 Å². The first-order chi connectivity index (χ1) is 9.08. The Morgan fingerprint density at radius 3 is 2.63 bits per heavy atom. The molecule has 102 valence electrons. The van der Waals surface area contributed by atoms with E-state index in [0.717, 1.165) is 24.3 Å². The van der Waals surface area contributed by atoms with Crippen LogP contribution in [0.4, 0.5) is 5.69 Å². The van der Waals surface area contributed by atoms with E-state index in [0.29, 0.717) is 5.92 Å². The largest absolute Gasteiger partial charge is 0.377 e. The van der Waals surface area contributed by atoms with Crippen LogP contribution in [-0.4, -0.2) is 25.6 Å². The molecule has 0 bridgehead atoms. The molecule has 0 unspecified atom stereocenters. The molecule has 0 amide bonds. The molecule has 0 aliphatic heterocycles. The van der Waals surface area contributed by atoms with Crippen LogP contribution in [0.15, 0.2) is 30.3 Å². The molecular weight excluding hydrogens is 234 g/mol. The molecule has 19 heavy (non-hydrogen) atoms. The topological polar surface area (TPSA) is 28.2 Å². The predicted molar refractivity (Wildman–Crippen MR) is 82.6 cm³/mol. The van der Waals surface area contributed by atoms with Crippen LogP contribution in [0.25, 0.3) is 10.9 Å². The van der Waals surface area contributed by atoms with Crippen molar-refractivity contribution < 1.29 is 0 Å². The first kappa shape index (κ1) is 13.8. The van der Waals surface area contributed by atoms with Crippen LogP contribution in [-0.2, 0) is 6.54 Å². The van der Waals surface area contributed by atoms with E-state index in [9.17, 15) is 0 Å². The van der Waals surface area contributed by atoms with Crippen LogP contribution in [0, 0.1) is 5.92 Å². The maximum absolute atomic E-state index is 4.73. The van der Waals surface area contributed by atoms with Gasteiger partial charge in [-0.05, 0) is 24.6 Å². The summed E-state index contributed by atoms with van der Waals surface area (Å²) in [6, 6.07) is 10.5. The van der Waals surface area contributed by atoms with E-state index in [-0.39, 0.29) is 0 Å². The highest BCUT2D eigenvalue weighted by Crippen LogP contribution is 2.25. The van der Waals surface area contributed by atoms with Crippen LogP contribution >= 0.6 is 0 Å². The van der Waals surface area contributed by atoms with Gasteiger partial charge in [-0.3, -0.25) is 4.98 Å². The number of nitrogens with one attached hydrogen (secondary N) is 1. The van der Waals surface area contributed by atoms with Crippen molar-refractivity contribution in [3.8, 4) is 0 Å². The van der Waals surface area contributed by atoms with Gasteiger partial charge in [-0.15, -0.1) is 0 Å². The average molecular weight is 257 g/mol. The quantitative estimate of drug-likeness (QED) is 0.892. The summed E-state index contributed by atoms with van der Waals surface area (Å²) in [5.74, 6) is 0.661. The number of fused-ring (bicyclic) bond motifs is 1. The summed E-state index contributed by atoms with van der Waals surface area (Å²) < 4.78 is 0. The molecule has 1 aromatic heterocycles. The molecule has 0 saturated heterocycles. The van der Waals surface area contributed by atoms with Crippen molar-refractivity contribution in [2.45, 2.75) is 20.4 Å². The number of anilines is 1. The fourth-order valence-electron chi connectivity index (χ4n) is 2.16. The Morgan fingerprint density at radius 1 is 1.21 bits per heavy atom. The van der Waals surface area contributed by atoms with Gasteiger partial charge in [0, 0.05) is 31.7 Å². The molecule has 0 saturated carbocycles. The second-order valence-electron chi connectivity index (χ2n) is 5.57. The standard InChI is InChI=1S/C16H23N3/c1-12(2)10-17-11-13-9-16(19(3)4)14-7-5-6-8-15(14)18-13/h5-9,12,17H,10-11H2,1-4H3. The number of pyridine rings is 1. The van der Waals surface area contributed by atoms with E-state index in [1.54, 1.807) is 0 Å². The Kier molecular flexibility index (Phi) is 4.38. The molecule has 0 fully saturated rings. The molecule has 2 aromatic rings. The minimum atomic E-state index is 0.661. The number of rotatable bonds is 5. The Balaban J connectivity index is 2.30. The lowest BCUT2D eigenvalue weighted by atomic mass is 10.1. The molecule has 3 nitrogen and oxygen atoms in total. The van der Waals surface area contributed by atoms with Crippen LogP contribution in [0.3, 0.4) is 0 Å². The summed E-state index contributed by atoms with van der Waals surface area (Å²) >= 11 is 0. The van der Waals surface area contributed by atoms with E-state index < -0.39 is 0 Å². The van der Waals surface area contributed by atoms with E-state index in [1.165, 1.54) is 11.1 Å². The van der Waals surface area contributed by atoms with Crippen molar-refractivity contribution in [3.05, 3.63) is 36.0 Å². The van der Waals surface area contributed by atoms with Gasteiger partial charge in [-0.2, -0.15) is 0 Å². The van der Waals surface area contributed by atoms with Gasteiger partial charge in [0.25, 0.3) is 0 Å². The van der Waals surface area contributed by atoms with Crippen molar-refractivity contribution >= 4 is 16.6 Å². The van der Waals surface area contributed by atoms with E-state index in [4.69, 9.17) is 4.98 Å². The van der Waals surface area contributed by atoms with E-state index >= 15 is 0 Å². The minimum absolute atomic E-state index is 0.661. The predicted octanol–water partition coefficient (Wildman–Crippen LogP) is 3.05. The normalized spacial score (nSPS) is 11.2. The van der Waals surface area contributed by atoms with Gasteiger partial charge in [-0.25, -0.2) is 0 Å². The molecular formula is C16H23N3. The Bertz CT molecular complexity index is 547. The van der Waals surface area contributed by atoms with Crippen LogP contribution in [0.2, 0.25) is 0 Å². The summed E-state index contributed by atoms with van der Waals surface area (Å²) in [5.41, 5.74) is 3.39. The highest BCUT2D eigenvalue weighted by atomic mass is 15.1. The molecule has 0 spiro atoms. The highest BCUT2D eigenvalue weighted by Gasteiger charge is 2.07. The Morgan fingerprint density at radius 2 is 1.95 bits per heavy atom. The first-order valence-electron chi connectivity index (χ1n) is 6.84. The zero-order valence-electron chi connectivity index (χ0n) is 12.3. The SMILES string of the molecule is CC(C)CNCc1cc(N(C)C)c2ccccc2n1. The van der Waals surface area contributed by atoms with Crippen LogP contribution < -0.4 is 10.2 Å². The van der Waals surface area contributed by atoms with E-state index in [1.807, 2.05) is 6.07 Å². The molecule has 0 aliphatic rings. The van der Waals surface area contributed by atoms with Gasteiger partial charge >= 0.3 is 0 Å². The van der Waals surface area contributed by atoms with Gasteiger partial charge in [-0.1, -0.05) is 32.0 Å². The third-order valence-corrected chi connectivity index (χ3v) is 3.09. The summed E-state index contributed by atoms with van der Waals surface area (Å²) in [6.45, 7) is 6.27. The maximum Gasteiger partial charge on any atom is 0.0726 e. The number of aromatic nitrogens is 1. The fourth-order valence-corrected chi connectivity index (χ4v) is 2.16. The first-order valence-corrected chi connectivity index (χ1v) is 6.84. The van der Waals surface area contributed by atoms with Gasteiger partial charge in [0.1, 0.15) is 0 Å². The zero-order valence-corrected chi connectivity index (χ0v) is 12.3. The van der Waals surface area contributed by atoms with Crippen molar-refractivity contribution in [2.75, 3.05) is 25.5 Å². The van der Waals surface area contributed by atoms with Crippen molar-refractivity contribution in [2.24, 2.45) is 5.92 Å². The number of benzene rings is 1. The molecule has 1 N–H and O–H groups in total. The number of hydrogen-bond donors (Lipinski definition) is 1. The molecule has 0 aliphatic carbocycles. The third-order valence-electron chi connectivity index (χ3n) is 3.09. The average Bonchev–Trinajstić information content (AvgIpc) is 2.37. The summed E-state index contributed by atoms with van der Waals surface area (Å²) in [6.07, 6.45) is 0. The summed E-state index contributed by atoms with van der Waals surface area (Å²) in [4.78, 5) is 6.87. The zero-order chi connectivity index (χ0) is 13.8. The summed E-state index contributed by atoms with van der Waals surface area (Å²) in [7, 11) is 4.15. The molecule has 1 aromatic carbocycles. The minimum Gasteiger partial charge on any atom is -0.377 e. The lowest BCUT2D eigenvalue weighted by Gasteiger charge is -2.17. The second-order valence-corrected chi connectivity index (χ2v) is 5.57. The van der Waals surface area contributed by atoms with Gasteiger partial charge in [0.2, 0.25) is 0 Å². The van der Waals surface area contributed by atoms with Crippen LogP contribution in [0.1, 0.15) is 19.5 Å². The fraction of sp³-hybridized carbons (Fsp3) is 0.438. The van der Waals surface area contributed by atoms with Crippen molar-refractivity contribution in [3.63, 3.8) is 0 Å². The molecule has 3 heteroatoms. The lowest BCUT2D eigenvalue weighted by Crippen LogP contribution is -2.20. The number of para-hydroxylation sites is 1. The third kappa shape index (κ3) is 3.44. The van der Waals surface area contributed by atoms with Gasteiger partial charge in [0.15, 0.2) is 0 Å². The second kappa shape index (κ2) is 6.02. The van der Waals surface area contributed by atoms with Crippen LogP contribution in [0.5, 0.6) is 0 Å². The van der Waals surface area contributed by atoms with Crippen molar-refractivity contribution in [1.29, 1.82) is 0 Å². The Labute approximate surface area is 115 Å². The molecule has 0 radical (unpaired) electrons.